The molecule has 8 nitrogen and oxygen atoms in total. The van der Waals surface area contributed by atoms with Gasteiger partial charge in [-0.2, -0.15) is 0 Å². The highest BCUT2D eigenvalue weighted by molar-refractivity contribution is 5.90. The number of guanidine groups is 1. The summed E-state index contributed by atoms with van der Waals surface area (Å²) in [5.74, 6) is 1.37. The van der Waals surface area contributed by atoms with Gasteiger partial charge in [0, 0.05) is 52.1 Å². The minimum atomic E-state index is -0.0779. The van der Waals surface area contributed by atoms with Crippen LogP contribution in [0.1, 0.15) is 38.3 Å². The van der Waals surface area contributed by atoms with Gasteiger partial charge >= 0.3 is 0 Å². The summed E-state index contributed by atoms with van der Waals surface area (Å²) in [6.07, 6.45) is 3.52. The third-order valence-corrected chi connectivity index (χ3v) is 4.68. The molecule has 0 aliphatic carbocycles. The highest BCUT2D eigenvalue weighted by atomic mass is 16.5. The molecule has 29 heavy (non-hydrogen) atoms. The number of anilines is 1. The maximum absolute atomic E-state index is 12.1. The number of amides is 1. The van der Waals surface area contributed by atoms with Crippen molar-refractivity contribution in [2.75, 3.05) is 51.8 Å². The first-order valence-corrected chi connectivity index (χ1v) is 10.5. The van der Waals surface area contributed by atoms with Crippen LogP contribution in [0.15, 0.2) is 23.2 Å². The van der Waals surface area contributed by atoms with Gasteiger partial charge in [0.15, 0.2) is 5.96 Å². The van der Waals surface area contributed by atoms with Gasteiger partial charge in [0.25, 0.3) is 0 Å². The number of hydrogen-bond donors (Lipinski definition) is 2. The normalized spacial score (nSPS) is 15.4. The molecule has 1 aliphatic heterocycles. The van der Waals surface area contributed by atoms with E-state index in [1.165, 1.54) is 0 Å². The second kappa shape index (κ2) is 13.1. The van der Waals surface area contributed by atoms with E-state index in [-0.39, 0.29) is 5.91 Å². The highest BCUT2D eigenvalue weighted by Gasteiger charge is 2.21. The average molecular weight is 406 g/mol. The summed E-state index contributed by atoms with van der Waals surface area (Å²) in [6.45, 7) is 8.48. The van der Waals surface area contributed by atoms with Crippen molar-refractivity contribution in [1.82, 2.24) is 15.2 Å². The Bertz CT molecular complexity index is 645. The largest absolute Gasteiger partial charge is 0.385 e. The Kier molecular flexibility index (Phi) is 10.4. The van der Waals surface area contributed by atoms with Crippen molar-refractivity contribution in [3.8, 4) is 0 Å². The van der Waals surface area contributed by atoms with E-state index < -0.39 is 0 Å². The molecule has 1 fully saturated rings. The predicted octanol–water partition coefficient (Wildman–Crippen LogP) is 2.20. The lowest BCUT2D eigenvalue weighted by Crippen LogP contribution is -2.47. The average Bonchev–Trinajstić information content (AvgIpc) is 2.71. The van der Waals surface area contributed by atoms with Gasteiger partial charge in [-0.1, -0.05) is 6.07 Å². The molecule has 0 aromatic carbocycles. The molecule has 2 rings (SSSR count). The molecule has 1 aromatic rings. The van der Waals surface area contributed by atoms with Crippen LogP contribution in [-0.2, 0) is 14.3 Å². The van der Waals surface area contributed by atoms with Crippen molar-refractivity contribution < 1.29 is 14.3 Å². The van der Waals surface area contributed by atoms with E-state index in [9.17, 15) is 4.79 Å². The number of nitrogens with one attached hydrogen (secondary N) is 2. The van der Waals surface area contributed by atoms with Crippen LogP contribution < -0.4 is 10.6 Å². The summed E-state index contributed by atoms with van der Waals surface area (Å²) < 4.78 is 11.0. The van der Waals surface area contributed by atoms with Gasteiger partial charge in [-0.25, -0.2) is 4.98 Å². The number of aryl methyl sites for hydroxylation is 1. The van der Waals surface area contributed by atoms with Crippen LogP contribution in [0.5, 0.6) is 0 Å². The fourth-order valence-corrected chi connectivity index (χ4v) is 3.19. The SMILES string of the molecule is CCNC(=NCCC(=O)Nc1cccc(C)n1)N1CCC(OCCCOC)CC1. The third-order valence-electron chi connectivity index (χ3n) is 4.68. The van der Waals surface area contributed by atoms with Gasteiger partial charge < -0.3 is 25.0 Å². The summed E-state index contributed by atoms with van der Waals surface area (Å²) in [5.41, 5.74) is 0.876. The fraction of sp³-hybridized carbons (Fsp3) is 0.667. The molecule has 0 atom stereocenters. The van der Waals surface area contributed by atoms with Gasteiger partial charge in [0.05, 0.1) is 12.6 Å². The highest BCUT2D eigenvalue weighted by Crippen LogP contribution is 2.14. The number of methoxy groups -OCH3 is 1. The number of carbonyl (C=O) groups excluding carboxylic acids is 1. The van der Waals surface area contributed by atoms with E-state index in [4.69, 9.17) is 9.47 Å². The third kappa shape index (κ3) is 8.79. The Morgan fingerprint density at radius 3 is 2.79 bits per heavy atom. The number of likely N-dealkylation sites (tertiary alicyclic amines) is 1. The number of ether oxygens (including phenoxy) is 2. The molecule has 8 heteroatoms. The van der Waals surface area contributed by atoms with Gasteiger partial charge in [-0.05, 0) is 45.2 Å². The molecule has 0 spiro atoms. The zero-order chi connectivity index (χ0) is 20.9. The molecule has 0 saturated carbocycles. The van der Waals surface area contributed by atoms with Crippen molar-refractivity contribution >= 4 is 17.7 Å². The number of aliphatic imine (C=N–C) groups is 1. The number of hydrogen-bond acceptors (Lipinski definition) is 5. The number of carbonyl (C=O) groups is 1. The fourth-order valence-electron chi connectivity index (χ4n) is 3.19. The molecule has 1 aromatic heterocycles. The maximum atomic E-state index is 12.1. The predicted molar refractivity (Wildman–Crippen MR) is 115 cm³/mol. The van der Waals surface area contributed by atoms with Crippen LogP contribution in [0, 0.1) is 6.92 Å². The number of rotatable bonds is 10. The van der Waals surface area contributed by atoms with E-state index in [0.29, 0.717) is 24.9 Å². The summed E-state index contributed by atoms with van der Waals surface area (Å²) >= 11 is 0. The molecule has 1 saturated heterocycles. The maximum Gasteiger partial charge on any atom is 0.227 e. The first-order valence-electron chi connectivity index (χ1n) is 10.5. The van der Waals surface area contributed by atoms with Gasteiger partial charge in [0.2, 0.25) is 5.91 Å². The first kappa shape index (κ1) is 23.1. The molecule has 162 valence electrons. The summed E-state index contributed by atoms with van der Waals surface area (Å²) in [7, 11) is 1.71. The lowest BCUT2D eigenvalue weighted by atomic mass is 10.1. The van der Waals surface area contributed by atoms with Gasteiger partial charge in [-0.15, -0.1) is 0 Å². The molecule has 0 unspecified atom stereocenters. The number of pyridine rings is 1. The number of piperidine rings is 1. The second-order valence-electron chi connectivity index (χ2n) is 7.10. The monoisotopic (exact) mass is 405 g/mol. The van der Waals surface area contributed by atoms with Crippen LogP contribution in [0.4, 0.5) is 5.82 Å². The summed E-state index contributed by atoms with van der Waals surface area (Å²) in [4.78, 5) is 23.3. The Morgan fingerprint density at radius 2 is 2.10 bits per heavy atom. The van der Waals surface area contributed by atoms with Crippen molar-refractivity contribution in [3.63, 3.8) is 0 Å². The quantitative estimate of drug-likeness (QED) is 0.352. The summed E-state index contributed by atoms with van der Waals surface area (Å²) in [6, 6.07) is 5.57. The molecule has 0 radical (unpaired) electrons. The van der Waals surface area contributed by atoms with E-state index in [0.717, 1.165) is 63.8 Å². The molecular weight excluding hydrogens is 370 g/mol. The Labute approximate surface area is 174 Å². The summed E-state index contributed by atoms with van der Waals surface area (Å²) in [5, 5.41) is 6.16. The zero-order valence-electron chi connectivity index (χ0n) is 17.9. The first-order chi connectivity index (χ1) is 14.1. The molecular formula is C21H35N5O3. The second-order valence-corrected chi connectivity index (χ2v) is 7.10. The smallest absolute Gasteiger partial charge is 0.227 e. The minimum Gasteiger partial charge on any atom is -0.385 e. The Morgan fingerprint density at radius 1 is 1.31 bits per heavy atom. The zero-order valence-corrected chi connectivity index (χ0v) is 17.9. The van der Waals surface area contributed by atoms with Crippen molar-refractivity contribution in [2.24, 2.45) is 4.99 Å². The molecule has 2 heterocycles. The van der Waals surface area contributed by atoms with Crippen molar-refractivity contribution in [2.45, 2.75) is 45.6 Å². The van der Waals surface area contributed by atoms with Crippen LogP contribution in [0.3, 0.4) is 0 Å². The van der Waals surface area contributed by atoms with Gasteiger partial charge in [-0.3, -0.25) is 9.79 Å². The van der Waals surface area contributed by atoms with Gasteiger partial charge in [0.1, 0.15) is 5.82 Å². The Balaban J connectivity index is 1.75. The molecule has 1 amide bonds. The molecule has 1 aliphatic rings. The standard InChI is InChI=1S/C21H35N5O3/c1-4-22-21(26-13-10-18(11-14-26)29-16-6-15-28-3)23-12-9-20(27)25-19-8-5-7-17(2)24-19/h5,7-8,18H,4,6,9-16H2,1-3H3,(H,22,23)(H,24,25,27). The van der Waals surface area contributed by atoms with E-state index in [2.05, 4.69) is 32.4 Å². The topological polar surface area (TPSA) is 88.1 Å². The van der Waals surface area contributed by atoms with Crippen LogP contribution in [-0.4, -0.2) is 74.4 Å². The van der Waals surface area contributed by atoms with Crippen molar-refractivity contribution in [3.05, 3.63) is 23.9 Å². The molecule has 0 bridgehead atoms. The van der Waals surface area contributed by atoms with Crippen LogP contribution in [0.2, 0.25) is 0 Å². The van der Waals surface area contributed by atoms with Crippen molar-refractivity contribution in [1.29, 1.82) is 0 Å². The number of nitrogens with zero attached hydrogens (tertiary/aromatic N) is 3. The van der Waals surface area contributed by atoms with Crippen LogP contribution in [0.25, 0.3) is 0 Å². The minimum absolute atomic E-state index is 0.0779. The Hall–Kier alpha value is -2.19. The lowest BCUT2D eigenvalue weighted by Gasteiger charge is -2.34. The van der Waals surface area contributed by atoms with Crippen LogP contribution >= 0.6 is 0 Å². The van der Waals surface area contributed by atoms with E-state index in [1.54, 1.807) is 13.2 Å². The van der Waals surface area contributed by atoms with E-state index in [1.807, 2.05) is 19.1 Å². The number of aromatic nitrogens is 1. The lowest BCUT2D eigenvalue weighted by molar-refractivity contribution is -0.116. The van der Waals surface area contributed by atoms with E-state index >= 15 is 0 Å². The molecule has 2 N–H and O–H groups in total.